The zero-order valence-corrected chi connectivity index (χ0v) is 14.9. The maximum Gasteiger partial charge on any atom is 0.471 e. The van der Waals surface area contributed by atoms with Gasteiger partial charge in [-0.3, -0.25) is 4.79 Å². The number of hydrogen-bond donors (Lipinski definition) is 0. The van der Waals surface area contributed by atoms with Gasteiger partial charge in [0.2, 0.25) is 0 Å². The molecule has 4 rings (SSSR count). The molecule has 1 fully saturated rings. The summed E-state index contributed by atoms with van der Waals surface area (Å²) in [6.07, 6.45) is -0.515. The highest BCUT2D eigenvalue weighted by Gasteiger charge is 2.40. The van der Waals surface area contributed by atoms with Crippen LogP contribution in [0.25, 0.3) is 5.13 Å². The van der Waals surface area contributed by atoms with Gasteiger partial charge in [-0.1, -0.05) is 16.5 Å². The molecule has 4 heterocycles. The first kappa shape index (κ1) is 17.7. The molecule has 27 heavy (non-hydrogen) atoms. The van der Waals surface area contributed by atoms with Crippen molar-refractivity contribution in [1.29, 1.82) is 0 Å². The van der Waals surface area contributed by atoms with Crippen LogP contribution in [0.3, 0.4) is 0 Å². The van der Waals surface area contributed by atoms with Crippen LogP contribution in [0.5, 0.6) is 0 Å². The topological polar surface area (TPSA) is 77.0 Å². The van der Waals surface area contributed by atoms with Crippen LogP contribution < -0.4 is 0 Å². The fraction of sp³-hybridized carbons (Fsp3) is 0.375. The molecule has 0 aromatic carbocycles. The third-order valence-electron chi connectivity index (χ3n) is 4.33. The third-order valence-corrected chi connectivity index (χ3v) is 5.49. The van der Waals surface area contributed by atoms with Crippen molar-refractivity contribution in [2.75, 3.05) is 13.1 Å². The summed E-state index contributed by atoms with van der Waals surface area (Å²) in [5, 5.41) is 4.11. The van der Waals surface area contributed by atoms with Gasteiger partial charge in [-0.25, -0.2) is 4.98 Å². The van der Waals surface area contributed by atoms with E-state index in [1.54, 1.807) is 11.8 Å². The van der Waals surface area contributed by atoms with Crippen LogP contribution in [0.4, 0.5) is 13.2 Å². The van der Waals surface area contributed by atoms with Gasteiger partial charge in [0.25, 0.3) is 5.91 Å². The number of likely N-dealkylation sites (tertiary alicyclic amines) is 1. The van der Waals surface area contributed by atoms with Crippen molar-refractivity contribution < 1.29 is 22.5 Å². The van der Waals surface area contributed by atoms with Gasteiger partial charge >= 0.3 is 12.1 Å². The van der Waals surface area contributed by atoms with E-state index in [1.165, 1.54) is 11.3 Å². The predicted octanol–water partition coefficient (Wildman–Crippen LogP) is 3.27. The van der Waals surface area contributed by atoms with Crippen LogP contribution in [0.2, 0.25) is 0 Å². The molecule has 0 saturated carbocycles. The molecular formula is C16H14F3N5O2S. The molecule has 1 atom stereocenters. The van der Waals surface area contributed by atoms with E-state index in [1.807, 2.05) is 29.1 Å². The summed E-state index contributed by atoms with van der Waals surface area (Å²) in [6, 6.07) is 3.73. The largest absolute Gasteiger partial charge is 0.471 e. The number of nitrogens with zero attached hydrogens (tertiary/aromatic N) is 5. The first-order valence-electron chi connectivity index (χ1n) is 8.14. The van der Waals surface area contributed by atoms with Gasteiger partial charge in [0.15, 0.2) is 11.0 Å². The fourth-order valence-electron chi connectivity index (χ4n) is 2.97. The number of halogens is 3. The van der Waals surface area contributed by atoms with Crippen LogP contribution in [0.15, 0.2) is 29.0 Å². The number of carbonyl (C=O) groups is 1. The summed E-state index contributed by atoms with van der Waals surface area (Å²) < 4.78 is 43.9. The van der Waals surface area contributed by atoms with E-state index in [0.717, 1.165) is 0 Å². The van der Waals surface area contributed by atoms with Crippen LogP contribution in [0.1, 0.15) is 39.4 Å². The number of thiazole rings is 1. The Hall–Kier alpha value is -2.69. The van der Waals surface area contributed by atoms with Crippen molar-refractivity contribution in [3.63, 3.8) is 0 Å². The molecule has 0 unspecified atom stereocenters. The van der Waals surface area contributed by atoms with Crippen LogP contribution in [-0.2, 0) is 6.18 Å². The Labute approximate surface area is 155 Å². The number of alkyl halides is 3. The van der Waals surface area contributed by atoms with E-state index < -0.39 is 12.1 Å². The van der Waals surface area contributed by atoms with Gasteiger partial charge in [-0.05, 0) is 25.5 Å². The molecule has 3 aromatic rings. The Balaban J connectivity index is 1.49. The number of amides is 1. The Morgan fingerprint density at radius 3 is 2.70 bits per heavy atom. The Morgan fingerprint density at radius 2 is 2.04 bits per heavy atom. The Bertz CT molecular complexity index is 963. The third kappa shape index (κ3) is 3.34. The average molecular weight is 397 g/mol. The molecule has 0 radical (unpaired) electrons. The normalized spacial score (nSPS) is 17.6. The molecule has 0 spiro atoms. The number of aromatic nitrogens is 4. The van der Waals surface area contributed by atoms with Crippen molar-refractivity contribution in [2.24, 2.45) is 0 Å². The van der Waals surface area contributed by atoms with Crippen molar-refractivity contribution in [3.05, 3.63) is 46.8 Å². The summed E-state index contributed by atoms with van der Waals surface area (Å²) in [5.41, 5.74) is 0.621. The Morgan fingerprint density at radius 1 is 1.30 bits per heavy atom. The second kappa shape index (κ2) is 6.48. The molecule has 1 amide bonds. The van der Waals surface area contributed by atoms with Gasteiger partial charge in [0.1, 0.15) is 4.88 Å². The Kier molecular flexibility index (Phi) is 4.25. The summed E-state index contributed by atoms with van der Waals surface area (Å²) in [4.78, 5) is 22.8. The van der Waals surface area contributed by atoms with Crippen LogP contribution >= 0.6 is 11.3 Å². The molecule has 7 nitrogen and oxygen atoms in total. The highest BCUT2D eigenvalue weighted by atomic mass is 32.1. The van der Waals surface area contributed by atoms with Gasteiger partial charge in [0, 0.05) is 31.4 Å². The zero-order chi connectivity index (χ0) is 19.2. The molecule has 0 aliphatic carbocycles. The van der Waals surface area contributed by atoms with Gasteiger partial charge in [0.05, 0.1) is 5.69 Å². The number of aryl methyl sites for hydroxylation is 1. The highest BCUT2D eigenvalue weighted by molar-refractivity contribution is 7.16. The summed E-state index contributed by atoms with van der Waals surface area (Å²) in [6.45, 7) is 2.42. The maximum atomic E-state index is 12.8. The SMILES string of the molecule is Cc1nc(-n2cccc2)sc1C(=O)N1CC[C@H](c2noc(C(F)(F)F)n2)C1. The summed E-state index contributed by atoms with van der Waals surface area (Å²) in [7, 11) is 0. The second-order valence-corrected chi connectivity index (χ2v) is 7.17. The maximum absolute atomic E-state index is 12.8. The van der Waals surface area contributed by atoms with Crippen molar-refractivity contribution in [3.8, 4) is 5.13 Å². The monoisotopic (exact) mass is 397 g/mol. The highest BCUT2D eigenvalue weighted by Crippen LogP contribution is 2.32. The van der Waals surface area contributed by atoms with E-state index in [4.69, 9.17) is 0 Å². The quantitative estimate of drug-likeness (QED) is 0.678. The second-order valence-electron chi connectivity index (χ2n) is 6.19. The number of carbonyl (C=O) groups excluding carboxylic acids is 1. The average Bonchev–Trinajstić information content (AvgIpc) is 3.36. The molecule has 3 aromatic heterocycles. The summed E-state index contributed by atoms with van der Waals surface area (Å²) >= 11 is 1.28. The molecule has 0 bridgehead atoms. The molecule has 1 aliphatic rings. The minimum absolute atomic E-state index is 0.0216. The minimum atomic E-state index is -4.67. The van der Waals surface area contributed by atoms with Crippen molar-refractivity contribution in [2.45, 2.75) is 25.4 Å². The first-order chi connectivity index (χ1) is 12.8. The predicted molar refractivity (Wildman–Crippen MR) is 88.7 cm³/mol. The lowest BCUT2D eigenvalue weighted by atomic mass is 10.1. The van der Waals surface area contributed by atoms with E-state index in [0.29, 0.717) is 28.7 Å². The lowest BCUT2D eigenvalue weighted by Gasteiger charge is -2.14. The van der Waals surface area contributed by atoms with E-state index in [2.05, 4.69) is 19.6 Å². The molecule has 1 saturated heterocycles. The minimum Gasteiger partial charge on any atom is -0.337 e. The standard InChI is InChI=1S/C16H14F3N5O2S/c1-9-11(27-15(20-9)23-5-2-3-6-23)13(25)24-7-4-10(8-24)12-21-14(26-22-12)16(17,18)19/h2-3,5-6,10H,4,7-8H2,1H3/t10-/m0/s1. The lowest BCUT2D eigenvalue weighted by Crippen LogP contribution is -2.28. The zero-order valence-electron chi connectivity index (χ0n) is 14.1. The molecular weight excluding hydrogens is 383 g/mol. The van der Waals surface area contributed by atoms with E-state index in [9.17, 15) is 18.0 Å². The van der Waals surface area contributed by atoms with E-state index >= 15 is 0 Å². The van der Waals surface area contributed by atoms with E-state index in [-0.39, 0.29) is 24.2 Å². The number of rotatable bonds is 3. The van der Waals surface area contributed by atoms with Crippen molar-refractivity contribution in [1.82, 2.24) is 24.6 Å². The van der Waals surface area contributed by atoms with Gasteiger partial charge in [-0.15, -0.1) is 0 Å². The van der Waals surface area contributed by atoms with Gasteiger partial charge in [-0.2, -0.15) is 18.2 Å². The van der Waals surface area contributed by atoms with Crippen molar-refractivity contribution >= 4 is 17.2 Å². The smallest absolute Gasteiger partial charge is 0.337 e. The molecule has 11 heteroatoms. The van der Waals surface area contributed by atoms with Gasteiger partial charge < -0.3 is 14.0 Å². The lowest BCUT2D eigenvalue weighted by molar-refractivity contribution is -0.159. The molecule has 1 aliphatic heterocycles. The molecule has 0 N–H and O–H groups in total. The number of hydrogen-bond acceptors (Lipinski definition) is 6. The first-order valence-corrected chi connectivity index (χ1v) is 8.95. The van der Waals surface area contributed by atoms with Crippen LogP contribution in [-0.4, -0.2) is 43.6 Å². The van der Waals surface area contributed by atoms with Crippen LogP contribution in [0, 0.1) is 6.92 Å². The summed E-state index contributed by atoms with van der Waals surface area (Å²) in [5.74, 6) is -1.96. The molecule has 142 valence electrons. The fourth-order valence-corrected chi connectivity index (χ4v) is 3.97.